The Kier molecular flexibility index (Phi) is 5.17. The molecule has 7 nitrogen and oxygen atoms in total. The minimum Gasteiger partial charge on any atom is -0.497 e. The van der Waals surface area contributed by atoms with Crippen LogP contribution in [0.3, 0.4) is 0 Å². The van der Waals surface area contributed by atoms with Gasteiger partial charge in [-0.2, -0.15) is 0 Å². The third-order valence-corrected chi connectivity index (χ3v) is 3.92. The summed E-state index contributed by atoms with van der Waals surface area (Å²) < 4.78 is 9.96. The molecule has 1 amide bonds. The molecule has 0 aliphatic carbocycles. The Morgan fingerprint density at radius 3 is 2.62 bits per heavy atom. The van der Waals surface area contributed by atoms with Crippen LogP contribution in [0.1, 0.15) is 29.6 Å². The van der Waals surface area contributed by atoms with Gasteiger partial charge in [-0.05, 0) is 48.9 Å². The number of Topliss-reactive ketones (excluding diaryl/α,β-unsaturated/α-hetero) is 1. The summed E-state index contributed by atoms with van der Waals surface area (Å²) in [6, 6.07) is 11.8. The van der Waals surface area contributed by atoms with E-state index in [1.807, 2.05) is 0 Å². The number of carbonyl (C=O) groups excluding carboxylic acids is 2. The van der Waals surface area contributed by atoms with E-state index in [2.05, 4.69) is 10.3 Å². The van der Waals surface area contributed by atoms with Crippen LogP contribution in [0.4, 0.5) is 5.69 Å². The Labute approximate surface area is 149 Å². The number of benzene rings is 2. The lowest BCUT2D eigenvalue weighted by atomic mass is 10.1. The van der Waals surface area contributed by atoms with Gasteiger partial charge in [-0.1, -0.05) is 0 Å². The number of aromatic nitrogens is 1. The van der Waals surface area contributed by atoms with E-state index in [-0.39, 0.29) is 24.5 Å². The van der Waals surface area contributed by atoms with E-state index in [1.165, 1.54) is 0 Å². The van der Waals surface area contributed by atoms with Gasteiger partial charge < -0.3 is 14.5 Å². The number of nitrogens with one attached hydrogen (secondary N) is 2. The second kappa shape index (κ2) is 7.69. The van der Waals surface area contributed by atoms with Crippen molar-refractivity contribution < 1.29 is 18.7 Å². The van der Waals surface area contributed by atoms with Crippen LogP contribution >= 0.6 is 0 Å². The number of H-pyrrole nitrogens is 1. The number of fused-ring (bicyclic) bond motifs is 1. The molecule has 2 aromatic carbocycles. The number of rotatable bonds is 7. The van der Waals surface area contributed by atoms with Crippen LogP contribution in [0.15, 0.2) is 51.7 Å². The minimum absolute atomic E-state index is 0.0159. The summed E-state index contributed by atoms with van der Waals surface area (Å²) in [7, 11) is 1.57. The number of hydrogen-bond acceptors (Lipinski definition) is 5. The zero-order valence-electron chi connectivity index (χ0n) is 14.2. The minimum atomic E-state index is -0.541. The largest absolute Gasteiger partial charge is 0.497 e. The normalized spacial score (nSPS) is 10.7. The van der Waals surface area contributed by atoms with Crippen molar-refractivity contribution in [2.24, 2.45) is 0 Å². The third kappa shape index (κ3) is 4.18. The molecule has 0 aliphatic rings. The highest BCUT2D eigenvalue weighted by atomic mass is 16.5. The van der Waals surface area contributed by atoms with E-state index < -0.39 is 5.76 Å². The van der Waals surface area contributed by atoms with Crippen LogP contribution < -0.4 is 15.8 Å². The first kappa shape index (κ1) is 17.5. The number of methoxy groups -OCH3 is 1. The van der Waals surface area contributed by atoms with Crippen LogP contribution in [-0.4, -0.2) is 23.8 Å². The van der Waals surface area contributed by atoms with Gasteiger partial charge in [0.15, 0.2) is 11.4 Å². The van der Waals surface area contributed by atoms with Crippen molar-refractivity contribution in [2.45, 2.75) is 19.3 Å². The van der Waals surface area contributed by atoms with Crippen molar-refractivity contribution in [2.75, 3.05) is 12.4 Å². The van der Waals surface area contributed by atoms with Crippen molar-refractivity contribution >= 4 is 28.5 Å². The first-order chi connectivity index (χ1) is 12.5. The summed E-state index contributed by atoms with van der Waals surface area (Å²) in [5, 5.41) is 2.74. The molecule has 3 aromatic rings. The van der Waals surface area contributed by atoms with Crippen molar-refractivity contribution in [3.63, 3.8) is 0 Å². The molecular formula is C19H18N2O5. The molecule has 1 heterocycles. The fourth-order valence-electron chi connectivity index (χ4n) is 2.58. The van der Waals surface area contributed by atoms with Gasteiger partial charge in [0, 0.05) is 24.1 Å². The maximum Gasteiger partial charge on any atom is 0.417 e. The first-order valence-corrected chi connectivity index (χ1v) is 8.15. The van der Waals surface area contributed by atoms with E-state index in [0.29, 0.717) is 34.5 Å². The molecule has 0 saturated carbocycles. The number of amides is 1. The standard InChI is InChI=1S/C19H18N2O5/c1-25-14-8-5-12(6-9-14)16(22)3-2-4-18(23)20-13-7-10-17-15(11-13)21-19(24)26-17/h5-11H,2-4H2,1H3,(H,20,23)(H,21,24). The Balaban J connectivity index is 1.49. The molecule has 134 valence electrons. The van der Waals surface area contributed by atoms with Crippen molar-refractivity contribution in [1.82, 2.24) is 4.98 Å². The van der Waals surface area contributed by atoms with Gasteiger partial charge in [-0.3, -0.25) is 14.6 Å². The van der Waals surface area contributed by atoms with Gasteiger partial charge >= 0.3 is 5.76 Å². The Morgan fingerprint density at radius 2 is 1.88 bits per heavy atom. The highest BCUT2D eigenvalue weighted by molar-refractivity contribution is 5.97. The summed E-state index contributed by atoms with van der Waals surface area (Å²) in [4.78, 5) is 37.8. The van der Waals surface area contributed by atoms with Crippen molar-refractivity contribution in [3.8, 4) is 5.75 Å². The maximum atomic E-state index is 12.1. The average Bonchev–Trinajstić information content (AvgIpc) is 3.01. The number of oxazole rings is 1. The molecule has 0 radical (unpaired) electrons. The molecule has 1 aromatic heterocycles. The number of ketones is 1. The molecule has 0 unspecified atom stereocenters. The summed E-state index contributed by atoms with van der Waals surface area (Å²) >= 11 is 0. The molecule has 2 N–H and O–H groups in total. The third-order valence-electron chi connectivity index (χ3n) is 3.92. The fraction of sp³-hybridized carbons (Fsp3) is 0.211. The molecule has 0 saturated heterocycles. The topological polar surface area (TPSA) is 101 Å². The van der Waals surface area contributed by atoms with Crippen LogP contribution in [-0.2, 0) is 4.79 Å². The van der Waals surface area contributed by atoms with Gasteiger partial charge in [-0.25, -0.2) is 4.79 Å². The number of hydrogen-bond donors (Lipinski definition) is 2. The van der Waals surface area contributed by atoms with Crippen LogP contribution in [0.2, 0.25) is 0 Å². The molecule has 0 aliphatic heterocycles. The van der Waals surface area contributed by atoms with Gasteiger partial charge in [0.2, 0.25) is 5.91 Å². The monoisotopic (exact) mass is 354 g/mol. The number of anilines is 1. The highest BCUT2D eigenvalue weighted by Gasteiger charge is 2.09. The second-order valence-corrected chi connectivity index (χ2v) is 5.78. The summed E-state index contributed by atoms with van der Waals surface area (Å²) in [6.07, 6.45) is 0.956. The summed E-state index contributed by atoms with van der Waals surface area (Å²) in [6.45, 7) is 0. The molecule has 0 bridgehead atoms. The van der Waals surface area contributed by atoms with Gasteiger partial charge in [0.25, 0.3) is 0 Å². The van der Waals surface area contributed by atoms with Crippen molar-refractivity contribution in [1.29, 1.82) is 0 Å². The predicted octanol–water partition coefficient (Wildman–Crippen LogP) is 3.12. The smallest absolute Gasteiger partial charge is 0.417 e. The van der Waals surface area contributed by atoms with E-state index in [4.69, 9.17) is 9.15 Å². The molecule has 26 heavy (non-hydrogen) atoms. The number of ether oxygens (including phenoxy) is 1. The van der Waals surface area contributed by atoms with Crippen LogP contribution in [0.25, 0.3) is 11.1 Å². The molecule has 0 atom stereocenters. The van der Waals surface area contributed by atoms with E-state index in [0.717, 1.165) is 0 Å². The summed E-state index contributed by atoms with van der Waals surface area (Å²) in [5.74, 6) is -0.0621. The Bertz CT molecular complexity index is 985. The summed E-state index contributed by atoms with van der Waals surface area (Å²) in [5.41, 5.74) is 2.10. The SMILES string of the molecule is COc1ccc(C(=O)CCCC(=O)Nc2ccc3oc(=O)[nH]c3c2)cc1. The molecule has 0 fully saturated rings. The van der Waals surface area contributed by atoms with E-state index >= 15 is 0 Å². The fourth-order valence-corrected chi connectivity index (χ4v) is 2.58. The quantitative estimate of drug-likeness (QED) is 0.635. The lowest BCUT2D eigenvalue weighted by Crippen LogP contribution is -2.12. The van der Waals surface area contributed by atoms with Crippen LogP contribution in [0, 0.1) is 0 Å². The molecular weight excluding hydrogens is 336 g/mol. The number of aromatic amines is 1. The Hall–Kier alpha value is -3.35. The van der Waals surface area contributed by atoms with Gasteiger partial charge in [-0.15, -0.1) is 0 Å². The average molecular weight is 354 g/mol. The first-order valence-electron chi connectivity index (χ1n) is 8.15. The zero-order chi connectivity index (χ0) is 18.5. The predicted molar refractivity (Wildman–Crippen MR) is 96.6 cm³/mol. The molecule has 7 heteroatoms. The maximum absolute atomic E-state index is 12.1. The van der Waals surface area contributed by atoms with Gasteiger partial charge in [0.05, 0.1) is 12.6 Å². The zero-order valence-corrected chi connectivity index (χ0v) is 14.2. The van der Waals surface area contributed by atoms with E-state index in [9.17, 15) is 14.4 Å². The lowest BCUT2D eigenvalue weighted by Gasteiger charge is -2.05. The molecule has 0 spiro atoms. The van der Waals surface area contributed by atoms with E-state index in [1.54, 1.807) is 49.6 Å². The van der Waals surface area contributed by atoms with Gasteiger partial charge in [0.1, 0.15) is 5.75 Å². The molecule has 3 rings (SSSR count). The van der Waals surface area contributed by atoms with Crippen molar-refractivity contribution in [3.05, 3.63) is 58.6 Å². The second-order valence-electron chi connectivity index (χ2n) is 5.78. The number of carbonyl (C=O) groups is 2. The highest BCUT2D eigenvalue weighted by Crippen LogP contribution is 2.17. The van der Waals surface area contributed by atoms with Crippen LogP contribution in [0.5, 0.6) is 5.75 Å². The Morgan fingerprint density at radius 1 is 1.12 bits per heavy atom. The lowest BCUT2D eigenvalue weighted by molar-refractivity contribution is -0.116.